The second-order valence-corrected chi connectivity index (χ2v) is 15.8. The largest absolute Gasteiger partial charge is 0.462 e. The van der Waals surface area contributed by atoms with Crippen LogP contribution in [0.25, 0.3) is 0 Å². The number of allylic oxidation sites excluding steroid dienone is 20. The summed E-state index contributed by atoms with van der Waals surface area (Å²) in [6.07, 6.45) is 74.2. The van der Waals surface area contributed by atoms with E-state index in [-0.39, 0.29) is 25.2 Å². The quantitative estimate of drug-likeness (QED) is 0.0376. The highest BCUT2D eigenvalue weighted by molar-refractivity contribution is 5.70. The Bertz CT molecular complexity index is 1270. The van der Waals surface area contributed by atoms with E-state index in [0.29, 0.717) is 12.8 Å². The average Bonchev–Trinajstić information content (AvgIpc) is 3.26. The van der Waals surface area contributed by atoms with Gasteiger partial charge in [-0.15, -0.1) is 0 Å². The normalized spacial score (nSPS) is 13.3. The number of carbonyl (C=O) groups excluding carboxylic acids is 2. The zero-order valence-corrected chi connectivity index (χ0v) is 39.1. The van der Waals surface area contributed by atoms with Gasteiger partial charge < -0.3 is 14.6 Å². The van der Waals surface area contributed by atoms with Gasteiger partial charge in [0.05, 0.1) is 6.61 Å². The van der Waals surface area contributed by atoms with Crippen molar-refractivity contribution in [3.8, 4) is 0 Å². The van der Waals surface area contributed by atoms with Gasteiger partial charge in [-0.2, -0.15) is 0 Å². The molecule has 0 saturated carbocycles. The zero-order valence-electron chi connectivity index (χ0n) is 39.1. The lowest BCUT2D eigenvalue weighted by molar-refractivity contribution is -0.161. The summed E-state index contributed by atoms with van der Waals surface area (Å²) < 4.78 is 10.6. The van der Waals surface area contributed by atoms with Crippen molar-refractivity contribution in [2.45, 2.75) is 206 Å². The van der Waals surface area contributed by atoms with Gasteiger partial charge in [0.1, 0.15) is 6.61 Å². The number of unbranched alkanes of at least 4 members (excludes halogenated alkanes) is 15. The van der Waals surface area contributed by atoms with Gasteiger partial charge >= 0.3 is 11.9 Å². The fraction of sp³-hybridized carbons (Fsp3) is 0.607. The van der Waals surface area contributed by atoms with Crippen LogP contribution < -0.4 is 0 Å². The molecular formula is C56H90O5. The Kier molecular flexibility index (Phi) is 47.6. The number of esters is 2. The van der Waals surface area contributed by atoms with Crippen LogP contribution in [0.15, 0.2) is 122 Å². The van der Waals surface area contributed by atoms with Gasteiger partial charge in [0.25, 0.3) is 0 Å². The number of hydrogen-bond donors (Lipinski definition) is 1. The summed E-state index contributed by atoms with van der Waals surface area (Å²) in [6.45, 7) is 3.98. The lowest BCUT2D eigenvalue weighted by Gasteiger charge is -2.15. The second kappa shape index (κ2) is 50.7. The van der Waals surface area contributed by atoms with Gasteiger partial charge in [0.15, 0.2) is 6.10 Å². The molecule has 0 radical (unpaired) electrons. The van der Waals surface area contributed by atoms with Gasteiger partial charge in [0.2, 0.25) is 0 Å². The van der Waals surface area contributed by atoms with E-state index in [4.69, 9.17) is 9.47 Å². The molecule has 344 valence electrons. The summed E-state index contributed by atoms with van der Waals surface area (Å²) in [5.41, 5.74) is 0. The van der Waals surface area contributed by atoms with E-state index >= 15 is 0 Å². The van der Waals surface area contributed by atoms with Crippen LogP contribution in [0.4, 0.5) is 0 Å². The van der Waals surface area contributed by atoms with Crippen LogP contribution >= 0.6 is 0 Å². The Morgan fingerprint density at radius 2 is 0.705 bits per heavy atom. The van der Waals surface area contributed by atoms with Crippen LogP contribution in [-0.2, 0) is 19.1 Å². The Hall–Kier alpha value is -3.70. The summed E-state index contributed by atoms with van der Waals surface area (Å²) in [6, 6.07) is 0. The highest BCUT2D eigenvalue weighted by Crippen LogP contribution is 2.12. The maximum atomic E-state index is 12.2. The lowest BCUT2D eigenvalue weighted by Crippen LogP contribution is -2.28. The second-order valence-electron chi connectivity index (χ2n) is 15.8. The van der Waals surface area contributed by atoms with E-state index < -0.39 is 6.10 Å². The van der Waals surface area contributed by atoms with Crippen molar-refractivity contribution < 1.29 is 24.2 Å². The van der Waals surface area contributed by atoms with E-state index in [0.717, 1.165) is 122 Å². The van der Waals surface area contributed by atoms with E-state index in [1.807, 2.05) is 0 Å². The number of hydrogen-bond acceptors (Lipinski definition) is 5. The average molecular weight is 843 g/mol. The van der Waals surface area contributed by atoms with Crippen LogP contribution in [0.1, 0.15) is 200 Å². The molecule has 0 amide bonds. The first-order valence-electron chi connectivity index (χ1n) is 24.6. The first-order valence-corrected chi connectivity index (χ1v) is 24.6. The van der Waals surface area contributed by atoms with Crippen LogP contribution in [0, 0.1) is 0 Å². The molecule has 0 aliphatic rings. The fourth-order valence-corrected chi connectivity index (χ4v) is 6.30. The number of aliphatic hydroxyl groups is 1. The van der Waals surface area contributed by atoms with Crippen molar-refractivity contribution in [2.24, 2.45) is 0 Å². The first-order chi connectivity index (χ1) is 30.1. The summed E-state index contributed by atoms with van der Waals surface area (Å²) >= 11 is 0. The molecule has 0 spiro atoms. The van der Waals surface area contributed by atoms with Gasteiger partial charge in [-0.3, -0.25) is 9.59 Å². The van der Waals surface area contributed by atoms with Gasteiger partial charge in [-0.25, -0.2) is 0 Å². The Morgan fingerprint density at radius 3 is 1.08 bits per heavy atom. The molecule has 0 heterocycles. The van der Waals surface area contributed by atoms with Crippen molar-refractivity contribution in [2.75, 3.05) is 13.2 Å². The minimum Gasteiger partial charge on any atom is -0.462 e. The molecule has 0 rings (SSSR count). The van der Waals surface area contributed by atoms with Crippen molar-refractivity contribution in [1.82, 2.24) is 0 Å². The molecule has 5 nitrogen and oxygen atoms in total. The summed E-state index contributed by atoms with van der Waals surface area (Å²) in [5.74, 6) is -0.632. The molecule has 0 saturated heterocycles. The van der Waals surface area contributed by atoms with E-state index in [1.165, 1.54) is 51.4 Å². The third kappa shape index (κ3) is 48.8. The number of aliphatic hydroxyl groups excluding tert-OH is 1. The molecule has 0 aromatic carbocycles. The third-order valence-corrected chi connectivity index (χ3v) is 9.99. The highest BCUT2D eigenvalue weighted by Gasteiger charge is 2.16. The molecule has 0 bridgehead atoms. The van der Waals surface area contributed by atoms with Gasteiger partial charge in [0, 0.05) is 12.8 Å². The molecule has 0 aromatic heterocycles. The highest BCUT2D eigenvalue weighted by atomic mass is 16.6. The Labute approximate surface area is 375 Å². The Balaban J connectivity index is 3.66. The summed E-state index contributed by atoms with van der Waals surface area (Å²) in [4.78, 5) is 24.4. The molecule has 0 aromatic rings. The van der Waals surface area contributed by atoms with E-state index in [2.05, 4.69) is 135 Å². The van der Waals surface area contributed by atoms with Gasteiger partial charge in [-0.1, -0.05) is 200 Å². The number of rotatable bonds is 43. The predicted molar refractivity (Wildman–Crippen MR) is 265 cm³/mol. The third-order valence-electron chi connectivity index (χ3n) is 9.99. The van der Waals surface area contributed by atoms with E-state index in [9.17, 15) is 14.7 Å². The maximum absolute atomic E-state index is 12.2. The molecular weight excluding hydrogens is 753 g/mol. The first kappa shape index (κ1) is 57.3. The monoisotopic (exact) mass is 843 g/mol. The molecule has 0 aliphatic carbocycles. The lowest BCUT2D eigenvalue weighted by atomic mass is 10.1. The molecule has 0 fully saturated rings. The summed E-state index contributed by atoms with van der Waals surface area (Å²) in [7, 11) is 0. The fourth-order valence-electron chi connectivity index (χ4n) is 6.30. The minimum atomic E-state index is -0.794. The molecule has 1 N–H and O–H groups in total. The van der Waals surface area contributed by atoms with Crippen molar-refractivity contribution in [1.29, 1.82) is 0 Å². The maximum Gasteiger partial charge on any atom is 0.306 e. The predicted octanol–water partition coefficient (Wildman–Crippen LogP) is 16.3. The minimum absolute atomic E-state index is 0.0852. The van der Waals surface area contributed by atoms with Crippen LogP contribution in [0.2, 0.25) is 0 Å². The zero-order chi connectivity index (χ0) is 44.2. The topological polar surface area (TPSA) is 72.8 Å². The Morgan fingerprint density at radius 1 is 0.393 bits per heavy atom. The van der Waals surface area contributed by atoms with E-state index in [1.54, 1.807) is 0 Å². The molecule has 1 unspecified atom stereocenters. The molecule has 0 aliphatic heterocycles. The van der Waals surface area contributed by atoms with Crippen molar-refractivity contribution >= 4 is 11.9 Å². The number of ether oxygens (including phenoxy) is 2. The van der Waals surface area contributed by atoms with Crippen molar-refractivity contribution in [3.05, 3.63) is 122 Å². The smallest absolute Gasteiger partial charge is 0.306 e. The van der Waals surface area contributed by atoms with Crippen LogP contribution in [0.5, 0.6) is 0 Å². The summed E-state index contributed by atoms with van der Waals surface area (Å²) in [5, 5.41) is 9.60. The van der Waals surface area contributed by atoms with Crippen LogP contribution in [-0.4, -0.2) is 36.4 Å². The van der Waals surface area contributed by atoms with Crippen LogP contribution in [0.3, 0.4) is 0 Å². The molecule has 61 heavy (non-hydrogen) atoms. The van der Waals surface area contributed by atoms with Crippen molar-refractivity contribution in [3.63, 3.8) is 0 Å². The molecule has 1 atom stereocenters. The standard InChI is InChI=1S/C56H90O5/c1-3-5-7-9-11-13-15-17-19-20-21-22-23-24-25-26-27-28-29-30-31-32-33-34-35-36-37-39-41-43-45-47-49-51-56(59)61-54(52-57)53-60-55(58)50-48-46-44-42-40-38-18-16-14-12-10-8-6-4-2/h5,7,11,13,16-19,21-22,24-25,27-28,30-31,33-34,36-37,54,57H,3-4,6,8-10,12,14-15,20,23,26,29,32,35,38-53H2,1-2H3/b7-5-,13-11-,18-16-,19-17-,22-21-,25-24-,28-27-,31-30-,34-33-,37-36-. The number of carbonyl (C=O) groups is 2. The molecule has 5 heteroatoms. The SMILES string of the molecule is CC/C=C\C/C=C\C/C=C\C/C=C\C/C=C\C/C=C\C/C=C\C/C=C\C/C=C\CCCCCCCC(=O)OC(CO)COC(=O)CCCCCCC/C=C\CCCCCCC. The van der Waals surface area contributed by atoms with Gasteiger partial charge in [-0.05, 0) is 109 Å².